The lowest BCUT2D eigenvalue weighted by Gasteiger charge is -2.07. The average molecular weight is 351 g/mol. The van der Waals surface area contributed by atoms with Gasteiger partial charge in [0.25, 0.3) is 0 Å². The molecule has 0 spiro atoms. The molecule has 23 heavy (non-hydrogen) atoms. The van der Waals surface area contributed by atoms with Crippen LogP contribution in [0.15, 0.2) is 58.3 Å². The van der Waals surface area contributed by atoms with Gasteiger partial charge in [-0.2, -0.15) is 0 Å². The van der Waals surface area contributed by atoms with E-state index in [1.54, 1.807) is 11.8 Å². The number of rotatable bonds is 6. The van der Waals surface area contributed by atoms with Crippen molar-refractivity contribution in [1.82, 2.24) is 4.72 Å². The highest BCUT2D eigenvalue weighted by Crippen LogP contribution is 2.16. The number of hydrogen-bond donors (Lipinski definition) is 1. The molecule has 0 bridgehead atoms. The Bertz CT molecular complexity index is 786. The molecule has 0 aliphatic heterocycles. The number of ether oxygens (including phenoxy) is 1. The third-order valence-electron chi connectivity index (χ3n) is 3.18. The van der Waals surface area contributed by atoms with Crippen LogP contribution in [0.2, 0.25) is 0 Å². The molecule has 0 aromatic heterocycles. The molecule has 0 amide bonds. The Hall–Kier alpha value is -1.83. The zero-order chi connectivity index (χ0) is 16.9. The van der Waals surface area contributed by atoms with Gasteiger partial charge in [-0.15, -0.1) is 11.8 Å². The summed E-state index contributed by atoms with van der Waals surface area (Å²) in [5, 5.41) is 0. The van der Waals surface area contributed by atoms with Crippen LogP contribution in [-0.4, -0.2) is 27.7 Å². The second kappa shape index (κ2) is 7.63. The summed E-state index contributed by atoms with van der Waals surface area (Å²) in [6.45, 7) is 0.135. The molecule has 2 aromatic rings. The van der Waals surface area contributed by atoms with E-state index in [0.717, 1.165) is 10.5 Å². The maximum Gasteiger partial charge on any atom is 0.338 e. The van der Waals surface area contributed by atoms with Gasteiger partial charge < -0.3 is 4.74 Å². The molecule has 0 unspecified atom stereocenters. The molecule has 122 valence electrons. The molecule has 0 fully saturated rings. The fourth-order valence-electron chi connectivity index (χ4n) is 1.86. The van der Waals surface area contributed by atoms with Gasteiger partial charge in [0.1, 0.15) is 6.61 Å². The predicted octanol–water partition coefficient (Wildman–Crippen LogP) is 2.67. The highest BCUT2D eigenvalue weighted by atomic mass is 32.2. The molecule has 0 saturated heterocycles. The van der Waals surface area contributed by atoms with Crippen LogP contribution in [0.1, 0.15) is 15.9 Å². The first kappa shape index (κ1) is 17.5. The first-order valence-electron chi connectivity index (χ1n) is 6.80. The predicted molar refractivity (Wildman–Crippen MR) is 90.0 cm³/mol. The highest BCUT2D eigenvalue weighted by molar-refractivity contribution is 7.98. The molecule has 0 saturated carbocycles. The fourth-order valence-corrected chi connectivity index (χ4v) is 3.05. The van der Waals surface area contributed by atoms with Crippen molar-refractivity contribution < 1.29 is 17.9 Å². The van der Waals surface area contributed by atoms with Crippen LogP contribution >= 0.6 is 11.8 Å². The topological polar surface area (TPSA) is 72.5 Å². The normalized spacial score (nSPS) is 11.2. The SMILES string of the molecule is CNS(=O)(=O)c1cccc(C(=O)OCc2ccc(SC)cc2)c1. The lowest BCUT2D eigenvalue weighted by molar-refractivity contribution is 0.0472. The Morgan fingerprint density at radius 2 is 1.87 bits per heavy atom. The van der Waals surface area contributed by atoms with E-state index in [4.69, 9.17) is 4.74 Å². The summed E-state index contributed by atoms with van der Waals surface area (Å²) in [5.74, 6) is -0.563. The van der Waals surface area contributed by atoms with Crippen molar-refractivity contribution in [2.24, 2.45) is 0 Å². The second-order valence-electron chi connectivity index (χ2n) is 4.66. The molecular formula is C16H17NO4S2. The monoisotopic (exact) mass is 351 g/mol. The molecule has 7 heteroatoms. The van der Waals surface area contributed by atoms with Gasteiger partial charge in [-0.05, 0) is 49.2 Å². The minimum Gasteiger partial charge on any atom is -0.457 e. The van der Waals surface area contributed by atoms with Gasteiger partial charge >= 0.3 is 5.97 Å². The van der Waals surface area contributed by atoms with Gasteiger partial charge in [0.15, 0.2) is 0 Å². The van der Waals surface area contributed by atoms with Gasteiger partial charge in [-0.1, -0.05) is 18.2 Å². The van der Waals surface area contributed by atoms with Crippen LogP contribution in [0.25, 0.3) is 0 Å². The summed E-state index contributed by atoms with van der Waals surface area (Å²) in [6.07, 6.45) is 1.99. The Morgan fingerprint density at radius 3 is 2.48 bits per heavy atom. The number of hydrogen-bond acceptors (Lipinski definition) is 5. The van der Waals surface area contributed by atoms with Gasteiger partial charge in [-0.3, -0.25) is 0 Å². The first-order valence-corrected chi connectivity index (χ1v) is 9.51. The number of carbonyl (C=O) groups is 1. The zero-order valence-electron chi connectivity index (χ0n) is 12.8. The number of thioether (sulfide) groups is 1. The highest BCUT2D eigenvalue weighted by Gasteiger charge is 2.15. The molecule has 5 nitrogen and oxygen atoms in total. The minimum atomic E-state index is -3.59. The third kappa shape index (κ3) is 4.57. The largest absolute Gasteiger partial charge is 0.457 e. The van der Waals surface area contributed by atoms with E-state index in [-0.39, 0.29) is 17.1 Å². The number of esters is 1. The van der Waals surface area contributed by atoms with Gasteiger partial charge in [0.2, 0.25) is 10.0 Å². The van der Waals surface area contributed by atoms with E-state index < -0.39 is 16.0 Å². The van der Waals surface area contributed by atoms with Crippen molar-refractivity contribution in [2.45, 2.75) is 16.4 Å². The van der Waals surface area contributed by atoms with Crippen molar-refractivity contribution in [2.75, 3.05) is 13.3 Å². The molecule has 2 rings (SSSR count). The van der Waals surface area contributed by atoms with Crippen molar-refractivity contribution in [3.63, 3.8) is 0 Å². The van der Waals surface area contributed by atoms with Crippen LogP contribution < -0.4 is 4.72 Å². The molecule has 0 radical (unpaired) electrons. The summed E-state index contributed by atoms with van der Waals surface area (Å²) in [6, 6.07) is 13.4. The Labute approximate surface area is 140 Å². The lowest BCUT2D eigenvalue weighted by Crippen LogP contribution is -2.19. The van der Waals surface area contributed by atoms with E-state index in [1.165, 1.54) is 31.3 Å². The van der Waals surface area contributed by atoms with E-state index in [9.17, 15) is 13.2 Å². The van der Waals surface area contributed by atoms with Crippen molar-refractivity contribution in [3.8, 4) is 0 Å². The summed E-state index contributed by atoms with van der Waals surface area (Å²) < 4.78 is 30.9. The summed E-state index contributed by atoms with van der Waals surface area (Å²) in [5.41, 5.74) is 1.07. The standard InChI is InChI=1S/C16H17NO4S2/c1-17-23(19,20)15-5-3-4-13(10-15)16(18)21-11-12-6-8-14(22-2)9-7-12/h3-10,17H,11H2,1-2H3. The number of nitrogens with one attached hydrogen (secondary N) is 1. The van der Waals surface area contributed by atoms with Gasteiger partial charge in [-0.25, -0.2) is 17.9 Å². The van der Waals surface area contributed by atoms with Crippen molar-refractivity contribution in [1.29, 1.82) is 0 Å². The van der Waals surface area contributed by atoms with Crippen LogP contribution in [0.3, 0.4) is 0 Å². The number of benzene rings is 2. The van der Waals surface area contributed by atoms with E-state index in [1.807, 2.05) is 30.5 Å². The third-order valence-corrected chi connectivity index (χ3v) is 5.33. The van der Waals surface area contributed by atoms with Gasteiger partial charge in [0, 0.05) is 4.90 Å². The minimum absolute atomic E-state index is 0.0266. The number of sulfonamides is 1. The zero-order valence-corrected chi connectivity index (χ0v) is 14.4. The van der Waals surface area contributed by atoms with E-state index in [0.29, 0.717) is 0 Å². The molecule has 0 aliphatic carbocycles. The van der Waals surface area contributed by atoms with Crippen LogP contribution in [0, 0.1) is 0 Å². The van der Waals surface area contributed by atoms with E-state index in [2.05, 4.69) is 4.72 Å². The Kier molecular flexibility index (Phi) is 5.81. The molecular weight excluding hydrogens is 334 g/mol. The molecule has 1 N–H and O–H groups in total. The summed E-state index contributed by atoms with van der Waals surface area (Å²) in [7, 11) is -2.27. The van der Waals surface area contributed by atoms with E-state index >= 15 is 0 Å². The smallest absolute Gasteiger partial charge is 0.338 e. The fraction of sp³-hybridized carbons (Fsp3) is 0.188. The average Bonchev–Trinajstić information content (AvgIpc) is 2.60. The molecule has 2 aromatic carbocycles. The molecule has 0 aliphatic rings. The molecule has 0 atom stereocenters. The maximum atomic E-state index is 12.1. The lowest BCUT2D eigenvalue weighted by atomic mass is 10.2. The van der Waals surface area contributed by atoms with Gasteiger partial charge in [0.05, 0.1) is 10.5 Å². The first-order chi connectivity index (χ1) is 11.0. The Balaban J connectivity index is 2.07. The van der Waals surface area contributed by atoms with Crippen molar-refractivity contribution >= 4 is 27.8 Å². The van der Waals surface area contributed by atoms with Crippen LogP contribution in [-0.2, 0) is 21.4 Å². The van der Waals surface area contributed by atoms with Crippen molar-refractivity contribution in [3.05, 3.63) is 59.7 Å². The summed E-state index contributed by atoms with van der Waals surface area (Å²) in [4.78, 5) is 13.2. The molecule has 0 heterocycles. The Morgan fingerprint density at radius 1 is 1.17 bits per heavy atom. The second-order valence-corrected chi connectivity index (χ2v) is 7.43. The summed E-state index contributed by atoms with van der Waals surface area (Å²) >= 11 is 1.63. The van der Waals surface area contributed by atoms with Crippen LogP contribution in [0.5, 0.6) is 0 Å². The maximum absolute atomic E-state index is 12.1. The quantitative estimate of drug-likeness (QED) is 0.640. The van der Waals surface area contributed by atoms with Crippen LogP contribution in [0.4, 0.5) is 0 Å². The number of carbonyl (C=O) groups excluding carboxylic acids is 1.